The van der Waals surface area contributed by atoms with Crippen LogP contribution in [0, 0.1) is 0 Å². The molecule has 108 valence electrons. The molecule has 2 rings (SSSR count). The van der Waals surface area contributed by atoms with Crippen molar-refractivity contribution >= 4 is 14.8 Å². The first-order valence-electron chi connectivity index (χ1n) is 8.45. The van der Waals surface area contributed by atoms with Crippen LogP contribution in [-0.4, -0.2) is 14.8 Å². The van der Waals surface area contributed by atoms with Crippen LogP contribution < -0.4 is 0 Å². The van der Waals surface area contributed by atoms with E-state index >= 15 is 0 Å². The lowest BCUT2D eigenvalue weighted by molar-refractivity contribution is 0.446. The summed E-state index contributed by atoms with van der Waals surface area (Å²) in [5.41, 5.74) is 0. The van der Waals surface area contributed by atoms with Crippen molar-refractivity contribution in [1.82, 2.24) is 0 Å². The van der Waals surface area contributed by atoms with Gasteiger partial charge in [-0.05, 0) is 12.0 Å². The second kappa shape index (κ2) is 5.43. The molecule has 19 heavy (non-hydrogen) atoms. The number of hydrogen-bond donors (Lipinski definition) is 0. The van der Waals surface area contributed by atoms with Gasteiger partial charge in [-0.3, -0.25) is 0 Å². The quantitative estimate of drug-likeness (QED) is 0.533. The van der Waals surface area contributed by atoms with E-state index in [2.05, 4.69) is 46.9 Å². The molecule has 2 heteroatoms. The number of fused-ring (bicyclic) bond motifs is 2. The molecule has 2 saturated heterocycles. The van der Waals surface area contributed by atoms with Gasteiger partial charge in [-0.25, -0.2) is 0 Å². The zero-order valence-corrected chi connectivity index (χ0v) is 15.1. The van der Waals surface area contributed by atoms with Gasteiger partial charge in [-0.2, -0.15) is 0 Å². The van der Waals surface area contributed by atoms with Gasteiger partial charge >= 0.3 is 0 Å². The molecule has 0 spiro atoms. The van der Waals surface area contributed by atoms with Gasteiger partial charge in [0.2, 0.25) is 0 Å². The summed E-state index contributed by atoms with van der Waals surface area (Å²) < 4.78 is 0. The first-order chi connectivity index (χ1) is 8.79. The summed E-state index contributed by atoms with van der Waals surface area (Å²) >= 11 is 0. The lowest BCUT2D eigenvalue weighted by Gasteiger charge is -2.49. The Morgan fingerprint density at radius 1 is 1.00 bits per heavy atom. The third-order valence-corrected chi connectivity index (χ3v) is 12.4. The maximum absolute atomic E-state index is 2.62. The Morgan fingerprint density at radius 3 is 1.74 bits per heavy atom. The molecule has 0 aromatic rings. The van der Waals surface area contributed by atoms with Gasteiger partial charge in [0, 0.05) is 0 Å². The summed E-state index contributed by atoms with van der Waals surface area (Å²) in [6.07, 6.45) is 11.6. The molecule has 0 unspecified atom stereocenters. The van der Waals surface area contributed by atoms with Crippen LogP contribution in [0.3, 0.4) is 0 Å². The second-order valence-corrected chi connectivity index (χ2v) is 13.9. The normalized spacial score (nSPS) is 29.6. The first kappa shape index (κ1) is 15.4. The Labute approximate surface area is 122 Å². The van der Waals surface area contributed by atoms with E-state index < -0.39 is 8.07 Å². The van der Waals surface area contributed by atoms with Gasteiger partial charge in [0.05, 0.1) is 8.07 Å². The molecule has 0 N–H and O–H groups in total. The molecular formula is C17H33BSi. The van der Waals surface area contributed by atoms with Gasteiger partial charge in [-0.15, -0.1) is 11.2 Å². The molecule has 0 amide bonds. The molecule has 0 nitrogen and oxygen atoms in total. The predicted octanol–water partition coefficient (Wildman–Crippen LogP) is 6.12. The molecule has 2 aliphatic rings. The average molecular weight is 276 g/mol. The summed E-state index contributed by atoms with van der Waals surface area (Å²) in [5, 5.41) is 2.40. The van der Waals surface area contributed by atoms with E-state index in [1.54, 1.807) is 0 Å². The zero-order valence-electron chi connectivity index (χ0n) is 14.1. The number of rotatable bonds is 2. The molecule has 2 aliphatic heterocycles. The molecule has 0 saturated carbocycles. The molecule has 2 fully saturated rings. The topological polar surface area (TPSA) is 0 Å². The van der Waals surface area contributed by atoms with Crippen LogP contribution in [0.4, 0.5) is 0 Å². The fraction of sp³-hybridized carbons (Fsp3) is 0.882. The van der Waals surface area contributed by atoms with Crippen molar-refractivity contribution < 1.29 is 0 Å². The first-order valence-corrected chi connectivity index (χ1v) is 11.5. The predicted molar refractivity (Wildman–Crippen MR) is 91.9 cm³/mol. The van der Waals surface area contributed by atoms with Crippen LogP contribution in [0.2, 0.25) is 29.8 Å². The Hall–Kier alpha value is 0.0218. The highest BCUT2D eigenvalue weighted by atomic mass is 28.3. The van der Waals surface area contributed by atoms with Crippen molar-refractivity contribution in [3.63, 3.8) is 0 Å². The highest BCUT2D eigenvalue weighted by Gasteiger charge is 2.48. The van der Waals surface area contributed by atoms with Crippen molar-refractivity contribution in [2.24, 2.45) is 0 Å². The minimum Gasteiger partial charge on any atom is -0.114 e. The molecule has 2 bridgehead atoms. The van der Waals surface area contributed by atoms with Gasteiger partial charge in [0.15, 0.2) is 6.71 Å². The van der Waals surface area contributed by atoms with Crippen molar-refractivity contribution in [2.75, 3.05) is 0 Å². The fourth-order valence-corrected chi connectivity index (χ4v) is 7.48. The van der Waals surface area contributed by atoms with E-state index in [0.29, 0.717) is 5.04 Å². The fourth-order valence-electron chi connectivity index (χ4n) is 4.59. The largest absolute Gasteiger partial charge is 0.171 e. The lowest BCUT2D eigenvalue weighted by Crippen LogP contribution is -2.50. The molecule has 2 heterocycles. The Bertz CT molecular complexity index is 329. The van der Waals surface area contributed by atoms with Crippen LogP contribution in [0.25, 0.3) is 0 Å². The summed E-state index contributed by atoms with van der Waals surface area (Å²) in [5.74, 6) is 2.04. The lowest BCUT2D eigenvalue weighted by atomic mass is 9.27. The molecule has 0 radical (unpaired) electrons. The van der Waals surface area contributed by atoms with E-state index in [-0.39, 0.29) is 0 Å². The monoisotopic (exact) mass is 276 g/mol. The van der Waals surface area contributed by atoms with E-state index in [9.17, 15) is 0 Å². The minimum atomic E-state index is -1.33. The Morgan fingerprint density at radius 2 is 1.42 bits per heavy atom. The van der Waals surface area contributed by atoms with Gasteiger partial charge in [-0.1, -0.05) is 84.0 Å². The van der Waals surface area contributed by atoms with E-state index in [4.69, 9.17) is 0 Å². The van der Waals surface area contributed by atoms with E-state index in [1.807, 2.05) is 5.10 Å². The average Bonchev–Trinajstić information content (AvgIpc) is 2.27. The highest BCUT2D eigenvalue weighted by molar-refractivity contribution is 7.01. The van der Waals surface area contributed by atoms with Crippen molar-refractivity contribution in [3.8, 4) is 0 Å². The van der Waals surface area contributed by atoms with Crippen LogP contribution in [0.5, 0.6) is 0 Å². The molecule has 0 atom stereocenters. The number of allylic oxidation sites excluding steroid dienone is 1. The SMILES string of the molecule is C/C=C(/B1C2CCCC1CCC2)[Si](C)(C)C(C)(C)C. The van der Waals surface area contributed by atoms with Crippen molar-refractivity contribution in [1.29, 1.82) is 0 Å². The van der Waals surface area contributed by atoms with Crippen LogP contribution in [0.15, 0.2) is 11.2 Å². The van der Waals surface area contributed by atoms with E-state index in [1.165, 1.54) is 38.5 Å². The summed E-state index contributed by atoms with van der Waals surface area (Å²) in [6.45, 7) is 15.9. The van der Waals surface area contributed by atoms with Crippen molar-refractivity contribution in [3.05, 3.63) is 11.2 Å². The smallest absolute Gasteiger partial charge is 0.114 e. The minimum absolute atomic E-state index is 0.487. The van der Waals surface area contributed by atoms with Crippen LogP contribution >= 0.6 is 0 Å². The van der Waals surface area contributed by atoms with Crippen LogP contribution in [0.1, 0.15) is 66.2 Å². The van der Waals surface area contributed by atoms with E-state index in [0.717, 1.165) is 18.3 Å². The molecule has 0 aromatic heterocycles. The standard InChI is InChI=1S/C17H33BSi/c1-7-16(19(5,6)17(2,3)4)18-14-10-8-11-15(18)13-9-12-14/h7,14-15H,8-13H2,1-6H3/b16-7-. The van der Waals surface area contributed by atoms with Gasteiger partial charge < -0.3 is 0 Å². The van der Waals surface area contributed by atoms with Gasteiger partial charge in [0.25, 0.3) is 0 Å². The second-order valence-electron chi connectivity index (χ2n) is 8.53. The molecular weight excluding hydrogens is 243 g/mol. The molecule has 0 aliphatic carbocycles. The summed E-state index contributed by atoms with van der Waals surface area (Å²) in [6, 6.07) is 0. The molecule has 0 aromatic carbocycles. The third-order valence-electron chi connectivity index (χ3n) is 6.58. The zero-order chi connectivity index (χ0) is 14.3. The Balaban J connectivity index is 2.32. The number of hydrogen-bond acceptors (Lipinski definition) is 0. The maximum Gasteiger partial charge on any atom is 0.171 e. The maximum atomic E-state index is 2.62. The van der Waals surface area contributed by atoms with Gasteiger partial charge in [0.1, 0.15) is 0 Å². The van der Waals surface area contributed by atoms with Crippen molar-refractivity contribution in [2.45, 2.75) is 96.0 Å². The summed E-state index contributed by atoms with van der Waals surface area (Å²) in [7, 11) is -1.33. The third kappa shape index (κ3) is 2.75. The Kier molecular flexibility index (Phi) is 4.40. The summed E-state index contributed by atoms with van der Waals surface area (Å²) in [4.78, 5) is 0. The van der Waals surface area contributed by atoms with Crippen LogP contribution in [-0.2, 0) is 0 Å². The highest BCUT2D eigenvalue weighted by Crippen LogP contribution is 2.53.